The first-order valence-electron chi connectivity index (χ1n) is 12.5. The van der Waals surface area contributed by atoms with Gasteiger partial charge in [0.05, 0.1) is 17.0 Å². The third-order valence-corrected chi connectivity index (χ3v) is 7.38. The van der Waals surface area contributed by atoms with Gasteiger partial charge in [-0.1, -0.05) is 13.3 Å². The van der Waals surface area contributed by atoms with E-state index < -0.39 is 0 Å². The fourth-order valence-corrected chi connectivity index (χ4v) is 5.34. The third-order valence-electron chi connectivity index (χ3n) is 7.38. The molecule has 176 valence electrons. The van der Waals surface area contributed by atoms with E-state index in [0.29, 0.717) is 23.2 Å². The summed E-state index contributed by atoms with van der Waals surface area (Å²) >= 11 is 0. The number of hydrogen-bond acceptors (Lipinski definition) is 6. The van der Waals surface area contributed by atoms with Gasteiger partial charge in [0.15, 0.2) is 0 Å². The van der Waals surface area contributed by atoms with E-state index in [1.165, 1.54) is 0 Å². The monoisotopic (exact) mass is 441 g/mol. The molecule has 32 heavy (non-hydrogen) atoms. The summed E-state index contributed by atoms with van der Waals surface area (Å²) in [6, 6.07) is 0.288. The first-order valence-corrected chi connectivity index (χ1v) is 12.5. The van der Waals surface area contributed by atoms with E-state index in [4.69, 9.17) is 4.98 Å². The number of hydrogen-bond donors (Lipinski definition) is 2. The molecule has 0 bridgehead atoms. The molecule has 0 radical (unpaired) electrons. The van der Waals surface area contributed by atoms with Gasteiger partial charge in [0.2, 0.25) is 5.95 Å². The summed E-state index contributed by atoms with van der Waals surface area (Å²) in [7, 11) is 2.17. The number of aliphatic hydroxyl groups excluding tert-OH is 1. The van der Waals surface area contributed by atoms with E-state index in [-0.39, 0.29) is 17.7 Å². The van der Waals surface area contributed by atoms with Crippen LogP contribution in [0.15, 0.2) is 17.2 Å². The lowest BCUT2D eigenvalue weighted by atomic mass is 9.82. The van der Waals surface area contributed by atoms with Crippen molar-refractivity contribution in [2.75, 3.05) is 25.5 Å². The van der Waals surface area contributed by atoms with Crippen LogP contribution in [0.1, 0.15) is 76.7 Å². The van der Waals surface area contributed by atoms with Crippen LogP contribution in [0.2, 0.25) is 0 Å². The van der Waals surface area contributed by atoms with Gasteiger partial charge in [0.25, 0.3) is 5.56 Å². The molecule has 2 aliphatic rings. The van der Waals surface area contributed by atoms with Gasteiger partial charge in [-0.2, -0.15) is 0 Å². The summed E-state index contributed by atoms with van der Waals surface area (Å²) < 4.78 is 1.93. The predicted molar refractivity (Wildman–Crippen MR) is 129 cm³/mol. The number of aromatic nitrogens is 3. The predicted octanol–water partition coefficient (Wildman–Crippen LogP) is 3.75. The van der Waals surface area contributed by atoms with Crippen molar-refractivity contribution in [3.05, 3.63) is 28.3 Å². The smallest absolute Gasteiger partial charge is 0.261 e. The summed E-state index contributed by atoms with van der Waals surface area (Å²) in [5, 5.41) is 14.0. The molecule has 7 heteroatoms. The number of piperidine rings is 1. The van der Waals surface area contributed by atoms with Gasteiger partial charge in [0, 0.05) is 25.0 Å². The molecule has 1 unspecified atom stereocenters. The highest BCUT2D eigenvalue weighted by atomic mass is 16.3. The number of nitrogens with one attached hydrogen (secondary N) is 1. The molecule has 2 aromatic rings. The highest BCUT2D eigenvalue weighted by Crippen LogP contribution is 2.35. The van der Waals surface area contributed by atoms with Crippen molar-refractivity contribution in [3.63, 3.8) is 0 Å². The van der Waals surface area contributed by atoms with Crippen LogP contribution in [-0.2, 0) is 6.54 Å². The second kappa shape index (κ2) is 10.3. The molecule has 1 saturated carbocycles. The van der Waals surface area contributed by atoms with Gasteiger partial charge in [-0.05, 0) is 89.4 Å². The molecule has 2 fully saturated rings. The minimum Gasteiger partial charge on any atom is -0.393 e. The molecule has 1 aliphatic heterocycles. The van der Waals surface area contributed by atoms with E-state index in [0.717, 1.165) is 82.1 Å². The molecule has 1 atom stereocenters. The van der Waals surface area contributed by atoms with Crippen LogP contribution in [0.4, 0.5) is 5.95 Å². The summed E-state index contributed by atoms with van der Waals surface area (Å²) in [6.07, 6.45) is 11.5. The third kappa shape index (κ3) is 5.31. The lowest BCUT2D eigenvalue weighted by Gasteiger charge is -2.30. The van der Waals surface area contributed by atoms with E-state index in [1.807, 2.05) is 4.57 Å². The number of fused-ring (bicyclic) bond motifs is 1. The number of likely N-dealkylation sites (tertiary alicyclic amines) is 1. The molecule has 7 nitrogen and oxygen atoms in total. The molecule has 1 aliphatic carbocycles. The Hall–Kier alpha value is -1.99. The first kappa shape index (κ1) is 23.2. The second-order valence-electron chi connectivity index (χ2n) is 10.1. The van der Waals surface area contributed by atoms with Gasteiger partial charge in [-0.15, -0.1) is 0 Å². The highest BCUT2D eigenvalue weighted by molar-refractivity contribution is 5.81. The number of pyridine rings is 1. The Morgan fingerprint density at radius 2 is 1.91 bits per heavy atom. The summed E-state index contributed by atoms with van der Waals surface area (Å²) in [5.41, 5.74) is 1.96. The van der Waals surface area contributed by atoms with Crippen molar-refractivity contribution >= 4 is 16.9 Å². The maximum absolute atomic E-state index is 13.4. The van der Waals surface area contributed by atoms with Crippen LogP contribution in [0.5, 0.6) is 0 Å². The zero-order valence-corrected chi connectivity index (χ0v) is 19.9. The topological polar surface area (TPSA) is 83.3 Å². The molecule has 2 N–H and O–H groups in total. The summed E-state index contributed by atoms with van der Waals surface area (Å²) in [5.74, 6) is 1.45. The highest BCUT2D eigenvalue weighted by Gasteiger charge is 2.26. The molecule has 2 aromatic heterocycles. The fourth-order valence-electron chi connectivity index (χ4n) is 5.34. The van der Waals surface area contributed by atoms with Gasteiger partial charge in [-0.25, -0.2) is 9.97 Å². The Morgan fingerprint density at radius 3 is 2.59 bits per heavy atom. The SMILES string of the molecule is CCCC(C)Nc1ncc2c(=O)n(CC3CCN(C)CC3)cc(C3CCC(O)CC3)c2n1. The number of nitrogens with zero attached hydrogens (tertiary/aromatic N) is 4. The zero-order chi connectivity index (χ0) is 22.7. The maximum Gasteiger partial charge on any atom is 0.261 e. The van der Waals surface area contributed by atoms with Crippen molar-refractivity contribution in [2.45, 2.75) is 89.8 Å². The van der Waals surface area contributed by atoms with Crippen molar-refractivity contribution < 1.29 is 5.11 Å². The second-order valence-corrected chi connectivity index (χ2v) is 10.1. The quantitative estimate of drug-likeness (QED) is 0.681. The number of rotatable bonds is 7. The van der Waals surface area contributed by atoms with E-state index >= 15 is 0 Å². The minimum atomic E-state index is -0.204. The minimum absolute atomic E-state index is 0.0201. The molecule has 3 heterocycles. The lowest BCUT2D eigenvalue weighted by molar-refractivity contribution is 0.122. The van der Waals surface area contributed by atoms with Crippen LogP contribution in [0.3, 0.4) is 0 Å². The number of anilines is 1. The van der Waals surface area contributed by atoms with Crippen molar-refractivity contribution in [1.82, 2.24) is 19.4 Å². The first-order chi connectivity index (χ1) is 15.4. The molecular weight excluding hydrogens is 402 g/mol. The van der Waals surface area contributed by atoms with E-state index in [2.05, 4.69) is 42.3 Å². The Labute approximate surface area is 191 Å². The van der Waals surface area contributed by atoms with Gasteiger partial charge >= 0.3 is 0 Å². The van der Waals surface area contributed by atoms with Gasteiger partial charge < -0.3 is 19.9 Å². The van der Waals surface area contributed by atoms with Crippen molar-refractivity contribution in [2.24, 2.45) is 5.92 Å². The molecule has 1 saturated heterocycles. The Balaban J connectivity index is 1.70. The summed E-state index contributed by atoms with van der Waals surface area (Å²) in [4.78, 5) is 25.1. The van der Waals surface area contributed by atoms with Gasteiger partial charge in [0.1, 0.15) is 0 Å². The Morgan fingerprint density at radius 1 is 1.19 bits per heavy atom. The van der Waals surface area contributed by atoms with Gasteiger partial charge in [-0.3, -0.25) is 4.79 Å². The standard InChI is InChI=1S/C25H39N5O2/c1-4-5-17(2)27-25-26-14-21-23(28-25)22(19-6-8-20(31)9-7-19)16-30(24(21)32)15-18-10-12-29(3)13-11-18/h14,16-20,31H,4-13,15H2,1-3H3,(H,26,27,28). The Kier molecular flexibility index (Phi) is 7.46. The zero-order valence-electron chi connectivity index (χ0n) is 19.9. The lowest BCUT2D eigenvalue weighted by Crippen LogP contribution is -2.34. The average molecular weight is 442 g/mol. The van der Waals surface area contributed by atoms with Crippen LogP contribution >= 0.6 is 0 Å². The molecule has 0 spiro atoms. The largest absolute Gasteiger partial charge is 0.393 e. The molecule has 0 amide bonds. The molecule has 0 aromatic carbocycles. The Bertz CT molecular complexity index is 959. The van der Waals surface area contributed by atoms with E-state index in [1.54, 1.807) is 6.20 Å². The fraction of sp³-hybridized carbons (Fsp3) is 0.720. The van der Waals surface area contributed by atoms with Crippen molar-refractivity contribution in [3.8, 4) is 0 Å². The summed E-state index contributed by atoms with van der Waals surface area (Å²) in [6.45, 7) is 7.25. The van der Waals surface area contributed by atoms with Crippen LogP contribution in [0, 0.1) is 5.92 Å². The average Bonchev–Trinajstić information content (AvgIpc) is 2.78. The van der Waals surface area contributed by atoms with Crippen LogP contribution in [0.25, 0.3) is 10.9 Å². The molecule has 4 rings (SSSR count). The molecular formula is C25H39N5O2. The van der Waals surface area contributed by atoms with Crippen LogP contribution < -0.4 is 10.9 Å². The van der Waals surface area contributed by atoms with E-state index in [9.17, 15) is 9.90 Å². The number of aliphatic hydroxyl groups is 1. The normalized spacial score (nSPS) is 24.0. The van der Waals surface area contributed by atoms with Crippen molar-refractivity contribution in [1.29, 1.82) is 0 Å². The maximum atomic E-state index is 13.4. The van der Waals surface area contributed by atoms with Crippen LogP contribution in [-0.4, -0.2) is 56.8 Å².